The first kappa shape index (κ1) is 17.5. The summed E-state index contributed by atoms with van der Waals surface area (Å²) in [6.45, 7) is 1.89. The molecular weight excluding hydrogens is 397 g/mol. The van der Waals surface area contributed by atoms with E-state index in [2.05, 4.69) is 35.1 Å². The molecule has 0 unspecified atom stereocenters. The van der Waals surface area contributed by atoms with Crippen LogP contribution in [-0.2, 0) is 0 Å². The van der Waals surface area contributed by atoms with Gasteiger partial charge in [0.05, 0.1) is 35.1 Å². The molecule has 6 heterocycles. The van der Waals surface area contributed by atoms with Gasteiger partial charge < -0.3 is 9.40 Å². The van der Waals surface area contributed by atoms with Crippen LogP contribution in [0.25, 0.3) is 56.0 Å². The predicted octanol–water partition coefficient (Wildman–Crippen LogP) is 4.67. The molecule has 150 valence electrons. The average molecular weight is 411 g/mol. The number of imidazole rings is 1. The van der Waals surface area contributed by atoms with Gasteiger partial charge in [0.25, 0.3) is 0 Å². The Labute approximate surface area is 174 Å². The van der Waals surface area contributed by atoms with Gasteiger partial charge in [0.2, 0.25) is 0 Å². The van der Waals surface area contributed by atoms with Crippen LogP contribution < -0.4 is 0 Å². The zero-order chi connectivity index (χ0) is 20.9. The third-order valence-corrected chi connectivity index (χ3v) is 5.26. The Balaban J connectivity index is 1.57. The summed E-state index contributed by atoms with van der Waals surface area (Å²) in [5, 5.41) is 7.48. The van der Waals surface area contributed by atoms with E-state index >= 15 is 4.39 Å². The van der Waals surface area contributed by atoms with Crippen LogP contribution in [0.5, 0.6) is 0 Å². The number of aromatic amines is 2. The molecule has 0 aliphatic rings. The molecule has 0 aliphatic heterocycles. The number of pyridine rings is 3. The summed E-state index contributed by atoms with van der Waals surface area (Å²) in [4.78, 5) is 20.7. The zero-order valence-electron chi connectivity index (χ0n) is 16.2. The molecule has 6 aromatic rings. The topological polar surface area (TPSA) is 109 Å². The van der Waals surface area contributed by atoms with E-state index in [1.165, 1.54) is 0 Å². The lowest BCUT2D eigenvalue weighted by molar-refractivity contribution is 0.568. The highest BCUT2D eigenvalue weighted by Gasteiger charge is 2.22. The first-order chi connectivity index (χ1) is 15.2. The normalized spacial score (nSPS) is 11.5. The second-order valence-corrected chi connectivity index (χ2v) is 7.13. The van der Waals surface area contributed by atoms with Crippen molar-refractivity contribution in [2.24, 2.45) is 0 Å². The number of furan rings is 1. The number of aryl methyl sites for hydroxylation is 1. The van der Waals surface area contributed by atoms with Crippen molar-refractivity contribution in [1.82, 2.24) is 35.1 Å². The number of fused-ring (bicyclic) bond motifs is 2. The van der Waals surface area contributed by atoms with E-state index in [0.717, 1.165) is 16.6 Å². The summed E-state index contributed by atoms with van der Waals surface area (Å²) in [5.41, 5.74) is 5.46. The number of hydrogen-bond acceptors (Lipinski definition) is 6. The Hall–Kier alpha value is -4.40. The van der Waals surface area contributed by atoms with Crippen molar-refractivity contribution >= 4 is 21.9 Å². The minimum atomic E-state index is -0.481. The maximum atomic E-state index is 15.7. The number of nitrogens with one attached hydrogen (secondary N) is 2. The van der Waals surface area contributed by atoms with Crippen molar-refractivity contribution in [1.29, 1.82) is 0 Å². The highest BCUT2D eigenvalue weighted by atomic mass is 19.1. The van der Waals surface area contributed by atoms with E-state index in [0.29, 0.717) is 39.2 Å². The molecule has 0 amide bonds. The van der Waals surface area contributed by atoms with Crippen LogP contribution in [0.3, 0.4) is 0 Å². The zero-order valence-corrected chi connectivity index (χ0v) is 16.2. The Morgan fingerprint density at radius 2 is 1.90 bits per heavy atom. The fraction of sp³-hybridized carbons (Fsp3) is 0.0455. The van der Waals surface area contributed by atoms with Gasteiger partial charge in [-0.25, -0.2) is 9.37 Å². The molecule has 31 heavy (non-hydrogen) atoms. The average Bonchev–Trinajstić information content (AvgIpc) is 3.53. The lowest BCUT2D eigenvalue weighted by atomic mass is 10.1. The summed E-state index contributed by atoms with van der Waals surface area (Å²) in [7, 11) is 0. The monoisotopic (exact) mass is 411 g/mol. The third-order valence-electron chi connectivity index (χ3n) is 5.26. The molecule has 0 bridgehead atoms. The van der Waals surface area contributed by atoms with Gasteiger partial charge in [-0.1, -0.05) is 0 Å². The highest BCUT2D eigenvalue weighted by molar-refractivity contribution is 5.97. The maximum Gasteiger partial charge on any atom is 0.161 e. The standard InChI is InChI=1S/C22H14FN7O/c1-11-2-5-24-8-13(11)19-17(23)16-15(9-26-19)29-30-21(16)22-27-14-3-6-25-18(20(14)28-22)12-4-7-31-10-12/h2-10H,1H3,(H,27,28)(H,29,30). The number of aromatic nitrogens is 7. The fourth-order valence-corrected chi connectivity index (χ4v) is 3.70. The summed E-state index contributed by atoms with van der Waals surface area (Å²) in [6.07, 6.45) is 9.71. The van der Waals surface area contributed by atoms with Gasteiger partial charge in [0, 0.05) is 29.7 Å². The molecule has 0 saturated carbocycles. The Morgan fingerprint density at radius 1 is 0.968 bits per heavy atom. The van der Waals surface area contributed by atoms with Crippen LogP contribution in [0.1, 0.15) is 5.56 Å². The lowest BCUT2D eigenvalue weighted by Crippen LogP contribution is -1.94. The van der Waals surface area contributed by atoms with Crippen molar-refractivity contribution in [2.45, 2.75) is 6.92 Å². The second kappa shape index (κ2) is 6.56. The van der Waals surface area contributed by atoms with E-state index in [1.54, 1.807) is 37.3 Å². The summed E-state index contributed by atoms with van der Waals surface area (Å²) < 4.78 is 20.8. The number of nitrogens with zero attached hydrogens (tertiary/aromatic N) is 5. The molecule has 0 aliphatic carbocycles. The Kier molecular flexibility index (Phi) is 3.69. The van der Waals surface area contributed by atoms with Crippen LogP contribution in [0, 0.1) is 12.7 Å². The molecule has 0 saturated heterocycles. The van der Waals surface area contributed by atoms with Crippen LogP contribution in [0.2, 0.25) is 0 Å². The first-order valence-electron chi connectivity index (χ1n) is 9.52. The second-order valence-electron chi connectivity index (χ2n) is 7.13. The van der Waals surface area contributed by atoms with Crippen molar-refractivity contribution in [3.05, 3.63) is 66.9 Å². The van der Waals surface area contributed by atoms with Crippen LogP contribution in [-0.4, -0.2) is 35.1 Å². The molecule has 8 nitrogen and oxygen atoms in total. The van der Waals surface area contributed by atoms with Gasteiger partial charge in [-0.3, -0.25) is 20.1 Å². The van der Waals surface area contributed by atoms with E-state index < -0.39 is 5.82 Å². The maximum absolute atomic E-state index is 15.7. The van der Waals surface area contributed by atoms with E-state index in [4.69, 9.17) is 4.42 Å². The van der Waals surface area contributed by atoms with Crippen molar-refractivity contribution in [3.63, 3.8) is 0 Å². The summed E-state index contributed by atoms with van der Waals surface area (Å²) >= 11 is 0. The Morgan fingerprint density at radius 3 is 2.74 bits per heavy atom. The summed E-state index contributed by atoms with van der Waals surface area (Å²) in [5.74, 6) is -0.0519. The molecule has 6 aromatic heterocycles. The SMILES string of the molecule is Cc1ccncc1-c1ncc2[nH]nc(-c3nc4c(-c5ccoc5)nccc4[nH]3)c2c1F. The molecule has 2 N–H and O–H groups in total. The van der Waals surface area contributed by atoms with Gasteiger partial charge in [-0.15, -0.1) is 0 Å². The largest absolute Gasteiger partial charge is 0.472 e. The van der Waals surface area contributed by atoms with Gasteiger partial charge in [0.1, 0.15) is 22.6 Å². The van der Waals surface area contributed by atoms with E-state index in [1.807, 2.05) is 25.1 Å². The molecule has 0 aromatic carbocycles. The van der Waals surface area contributed by atoms with Crippen LogP contribution in [0.4, 0.5) is 4.39 Å². The van der Waals surface area contributed by atoms with Crippen molar-refractivity contribution in [2.75, 3.05) is 0 Å². The quantitative estimate of drug-likeness (QED) is 0.438. The van der Waals surface area contributed by atoms with Gasteiger partial charge in [-0.2, -0.15) is 5.10 Å². The highest BCUT2D eigenvalue weighted by Crippen LogP contribution is 2.34. The van der Waals surface area contributed by atoms with E-state index in [9.17, 15) is 0 Å². The predicted molar refractivity (Wildman–Crippen MR) is 112 cm³/mol. The van der Waals surface area contributed by atoms with Gasteiger partial charge in [0.15, 0.2) is 11.6 Å². The number of halogens is 1. The molecule has 9 heteroatoms. The van der Waals surface area contributed by atoms with E-state index in [-0.39, 0.29) is 5.69 Å². The molecule has 0 fully saturated rings. The number of rotatable bonds is 3. The Bertz CT molecular complexity index is 1570. The van der Waals surface area contributed by atoms with Crippen molar-refractivity contribution in [3.8, 4) is 34.0 Å². The first-order valence-corrected chi connectivity index (χ1v) is 9.52. The van der Waals surface area contributed by atoms with Crippen molar-refractivity contribution < 1.29 is 8.81 Å². The number of H-pyrrole nitrogens is 2. The van der Waals surface area contributed by atoms with Crippen LogP contribution >= 0.6 is 0 Å². The smallest absolute Gasteiger partial charge is 0.161 e. The lowest BCUT2D eigenvalue weighted by Gasteiger charge is -2.06. The van der Waals surface area contributed by atoms with Gasteiger partial charge >= 0.3 is 0 Å². The third kappa shape index (κ3) is 2.63. The minimum Gasteiger partial charge on any atom is -0.472 e. The number of hydrogen-bond donors (Lipinski definition) is 2. The van der Waals surface area contributed by atoms with Gasteiger partial charge in [-0.05, 0) is 30.7 Å². The van der Waals surface area contributed by atoms with Crippen LogP contribution in [0.15, 0.2) is 59.9 Å². The molecule has 0 radical (unpaired) electrons. The molecule has 0 spiro atoms. The summed E-state index contributed by atoms with van der Waals surface area (Å²) in [6, 6.07) is 5.45. The minimum absolute atomic E-state index is 0.220. The molecule has 6 rings (SSSR count). The molecular formula is C22H14FN7O. The molecule has 0 atom stereocenters. The fourth-order valence-electron chi connectivity index (χ4n) is 3.70.